The minimum absolute atomic E-state index is 0.333. The molecule has 2 rings (SSSR count). The monoisotopic (exact) mass is 373 g/mol. The van der Waals surface area contributed by atoms with Gasteiger partial charge in [0.2, 0.25) is 0 Å². The molecule has 0 spiro atoms. The van der Waals surface area contributed by atoms with E-state index in [4.69, 9.17) is 0 Å². The van der Waals surface area contributed by atoms with E-state index in [1.54, 1.807) is 4.90 Å². The fourth-order valence-electron chi connectivity index (χ4n) is 2.21. The van der Waals surface area contributed by atoms with Gasteiger partial charge in [-0.3, -0.25) is 0 Å². The Kier molecular flexibility index (Phi) is 6.16. The van der Waals surface area contributed by atoms with Crippen molar-refractivity contribution in [3.8, 4) is 0 Å². The lowest BCUT2D eigenvalue weighted by molar-refractivity contribution is -0.105. The Balaban J connectivity index is 2.42. The van der Waals surface area contributed by atoms with Gasteiger partial charge >= 0.3 is 6.18 Å². The van der Waals surface area contributed by atoms with Crippen molar-refractivity contribution in [3.05, 3.63) is 47.8 Å². The smallest absolute Gasteiger partial charge is 0.361 e. The average molecular weight is 373 g/mol. The van der Waals surface area contributed by atoms with Crippen LogP contribution < -0.4 is 0 Å². The molecule has 1 aromatic carbocycles. The summed E-state index contributed by atoms with van der Waals surface area (Å²) in [5, 5.41) is 0. The Morgan fingerprint density at radius 1 is 1.24 bits per heavy atom. The summed E-state index contributed by atoms with van der Waals surface area (Å²) < 4.78 is 52.4. The molecule has 0 aliphatic rings. The molecule has 0 atom stereocenters. The SMILES string of the molecule is CN(C)C(=Nc1cc(SCC(F)(F)F)ccc1CF)c1cccn1C. The molecule has 3 nitrogen and oxygen atoms in total. The van der Waals surface area contributed by atoms with Crippen LogP contribution in [-0.4, -0.2) is 41.3 Å². The highest BCUT2D eigenvalue weighted by molar-refractivity contribution is 7.99. The van der Waals surface area contributed by atoms with E-state index in [1.807, 2.05) is 44.0 Å². The maximum absolute atomic E-state index is 13.3. The molecule has 0 amide bonds. The zero-order valence-electron chi connectivity index (χ0n) is 14.1. The molecule has 136 valence electrons. The van der Waals surface area contributed by atoms with Gasteiger partial charge in [0.1, 0.15) is 6.67 Å². The molecule has 0 aliphatic heterocycles. The van der Waals surface area contributed by atoms with Gasteiger partial charge in [0.25, 0.3) is 0 Å². The van der Waals surface area contributed by atoms with Gasteiger partial charge < -0.3 is 9.47 Å². The molecule has 0 saturated carbocycles. The van der Waals surface area contributed by atoms with E-state index in [-0.39, 0.29) is 0 Å². The van der Waals surface area contributed by atoms with Crippen molar-refractivity contribution in [1.82, 2.24) is 9.47 Å². The lowest BCUT2D eigenvalue weighted by Gasteiger charge is -2.17. The second-order valence-corrected chi connectivity index (χ2v) is 6.71. The Hall–Kier alpha value is -1.96. The first-order valence-electron chi connectivity index (χ1n) is 7.47. The third-order valence-corrected chi connectivity index (χ3v) is 4.48. The van der Waals surface area contributed by atoms with Crippen LogP contribution in [0.1, 0.15) is 11.3 Å². The fourth-order valence-corrected chi connectivity index (χ4v) is 2.90. The molecule has 1 heterocycles. The predicted octanol–water partition coefficient (Wildman–Crippen LogP) is 4.79. The Bertz CT molecular complexity index is 751. The summed E-state index contributed by atoms with van der Waals surface area (Å²) in [6.07, 6.45) is -2.40. The number of rotatable bonds is 5. The van der Waals surface area contributed by atoms with E-state index >= 15 is 0 Å². The van der Waals surface area contributed by atoms with Gasteiger partial charge in [-0.25, -0.2) is 9.38 Å². The maximum Gasteiger partial charge on any atom is 0.398 e. The molecule has 0 fully saturated rings. The number of halogens is 4. The molecule has 0 radical (unpaired) electrons. The van der Waals surface area contributed by atoms with Gasteiger partial charge in [-0.05, 0) is 24.3 Å². The third kappa shape index (κ3) is 5.26. The van der Waals surface area contributed by atoms with Crippen LogP contribution in [0.2, 0.25) is 0 Å². The molecule has 1 aromatic heterocycles. The van der Waals surface area contributed by atoms with Crippen LogP contribution in [0.5, 0.6) is 0 Å². The molecule has 0 saturated heterocycles. The van der Waals surface area contributed by atoms with Crippen molar-refractivity contribution in [1.29, 1.82) is 0 Å². The van der Waals surface area contributed by atoms with Crippen LogP contribution in [0.25, 0.3) is 0 Å². The normalized spacial score (nSPS) is 12.5. The molecule has 0 bridgehead atoms. The summed E-state index contributed by atoms with van der Waals surface area (Å²) >= 11 is 0.661. The van der Waals surface area contributed by atoms with E-state index < -0.39 is 18.6 Å². The highest BCUT2D eigenvalue weighted by Gasteiger charge is 2.27. The van der Waals surface area contributed by atoms with Crippen LogP contribution in [0.3, 0.4) is 0 Å². The lowest BCUT2D eigenvalue weighted by atomic mass is 10.2. The minimum Gasteiger partial charge on any atom is -0.361 e. The van der Waals surface area contributed by atoms with Gasteiger partial charge in [-0.15, -0.1) is 11.8 Å². The topological polar surface area (TPSA) is 20.5 Å². The van der Waals surface area contributed by atoms with Crippen molar-refractivity contribution >= 4 is 23.3 Å². The van der Waals surface area contributed by atoms with Gasteiger partial charge in [0.05, 0.1) is 17.1 Å². The number of aromatic nitrogens is 1. The first-order valence-corrected chi connectivity index (χ1v) is 8.46. The summed E-state index contributed by atoms with van der Waals surface area (Å²) in [4.78, 5) is 6.71. The number of nitrogens with zero attached hydrogens (tertiary/aromatic N) is 3. The fraction of sp³-hybridized carbons (Fsp3) is 0.353. The van der Waals surface area contributed by atoms with E-state index in [0.717, 1.165) is 5.69 Å². The molecule has 0 unspecified atom stereocenters. The summed E-state index contributed by atoms with van der Waals surface area (Å²) in [5.41, 5.74) is 1.49. The van der Waals surface area contributed by atoms with Gasteiger partial charge in [-0.2, -0.15) is 13.2 Å². The summed E-state index contributed by atoms with van der Waals surface area (Å²) in [5.74, 6) is -0.399. The van der Waals surface area contributed by atoms with Crippen LogP contribution >= 0.6 is 11.8 Å². The van der Waals surface area contributed by atoms with Crippen LogP contribution in [0.4, 0.5) is 23.2 Å². The average Bonchev–Trinajstić information content (AvgIpc) is 2.95. The van der Waals surface area contributed by atoms with Gasteiger partial charge in [0, 0.05) is 37.8 Å². The standard InChI is InChI=1S/C17H19F4N3S/c1-23(2)16(15-5-4-8-24(15)3)22-14-9-13(7-6-12(14)10-18)25-11-17(19,20)21/h4-9H,10-11H2,1-3H3. The zero-order chi connectivity index (χ0) is 18.6. The third-order valence-electron chi connectivity index (χ3n) is 3.43. The van der Waals surface area contributed by atoms with E-state index in [0.29, 0.717) is 33.7 Å². The van der Waals surface area contributed by atoms with Crippen LogP contribution in [0, 0.1) is 0 Å². The minimum atomic E-state index is -4.26. The largest absolute Gasteiger partial charge is 0.398 e. The highest BCUT2D eigenvalue weighted by Crippen LogP contribution is 2.32. The molecule has 0 N–H and O–H groups in total. The quantitative estimate of drug-likeness (QED) is 0.325. The van der Waals surface area contributed by atoms with E-state index in [9.17, 15) is 17.6 Å². The Morgan fingerprint density at radius 2 is 1.96 bits per heavy atom. The Labute approximate surface area is 148 Å². The first kappa shape index (κ1) is 19.4. The van der Waals surface area contributed by atoms with Crippen molar-refractivity contribution in [2.75, 3.05) is 19.8 Å². The molecule has 2 aromatic rings. The maximum atomic E-state index is 13.3. The van der Waals surface area contributed by atoms with Gasteiger partial charge in [0.15, 0.2) is 5.84 Å². The van der Waals surface area contributed by atoms with Crippen LogP contribution in [0.15, 0.2) is 46.4 Å². The molecule has 8 heteroatoms. The summed E-state index contributed by atoms with van der Waals surface area (Å²) in [6.45, 7) is -0.739. The van der Waals surface area contributed by atoms with Crippen molar-refractivity contribution in [3.63, 3.8) is 0 Å². The second kappa shape index (κ2) is 7.95. The van der Waals surface area contributed by atoms with Crippen LogP contribution in [-0.2, 0) is 13.7 Å². The lowest BCUT2D eigenvalue weighted by Crippen LogP contribution is -2.25. The summed E-state index contributed by atoms with van der Waals surface area (Å²) in [7, 11) is 5.48. The highest BCUT2D eigenvalue weighted by atomic mass is 32.2. The number of hydrogen-bond acceptors (Lipinski definition) is 2. The van der Waals surface area contributed by atoms with Gasteiger partial charge in [-0.1, -0.05) is 6.07 Å². The number of aliphatic imine (C=N–C) groups is 1. The Morgan fingerprint density at radius 3 is 2.48 bits per heavy atom. The second-order valence-electron chi connectivity index (χ2n) is 5.66. The summed E-state index contributed by atoms with van der Waals surface area (Å²) in [6, 6.07) is 8.20. The zero-order valence-corrected chi connectivity index (χ0v) is 15.0. The number of thioether (sulfide) groups is 1. The van der Waals surface area contributed by atoms with E-state index in [2.05, 4.69) is 4.99 Å². The number of alkyl halides is 4. The number of hydrogen-bond donors (Lipinski definition) is 0. The molecule has 25 heavy (non-hydrogen) atoms. The van der Waals surface area contributed by atoms with E-state index in [1.165, 1.54) is 18.2 Å². The first-order chi connectivity index (χ1) is 11.7. The molecular formula is C17H19F4N3S. The molecular weight excluding hydrogens is 354 g/mol. The molecule has 0 aliphatic carbocycles. The number of amidine groups is 1. The van der Waals surface area contributed by atoms with Crippen molar-refractivity contribution in [2.24, 2.45) is 12.0 Å². The number of aryl methyl sites for hydroxylation is 1. The van der Waals surface area contributed by atoms with Crippen molar-refractivity contribution < 1.29 is 17.6 Å². The number of benzene rings is 1. The van der Waals surface area contributed by atoms with Crippen molar-refractivity contribution in [2.45, 2.75) is 17.7 Å². The predicted molar refractivity (Wildman–Crippen MR) is 93.3 cm³/mol.